The molecule has 0 spiro atoms. The number of halogens is 1. The fourth-order valence-corrected chi connectivity index (χ4v) is 4.18. The highest BCUT2D eigenvalue weighted by Gasteiger charge is 2.35. The average Bonchev–Trinajstić information content (AvgIpc) is 2.71. The highest BCUT2D eigenvalue weighted by Crippen LogP contribution is 2.42. The van der Waals surface area contributed by atoms with Gasteiger partial charge in [0.05, 0.1) is 18.0 Å². The summed E-state index contributed by atoms with van der Waals surface area (Å²) in [7, 11) is 0. The first kappa shape index (κ1) is 19.0. The van der Waals surface area contributed by atoms with Crippen LogP contribution in [0.4, 0.5) is 0 Å². The Hall–Kier alpha value is -3.30. The lowest BCUT2D eigenvalue weighted by atomic mass is 9.84. The SMILES string of the molecule is Cc1cc2c(c(=O)n1Cc1ccccc1)C(c1ccccc1Br)C(C#N)=C(N)O2. The molecule has 29 heavy (non-hydrogen) atoms. The number of aryl methyl sites for hydroxylation is 1. The molecule has 1 aliphatic heterocycles. The molecule has 2 heterocycles. The van der Waals surface area contributed by atoms with E-state index in [9.17, 15) is 10.1 Å². The van der Waals surface area contributed by atoms with Crippen molar-refractivity contribution in [1.29, 1.82) is 5.26 Å². The molecule has 0 saturated carbocycles. The van der Waals surface area contributed by atoms with Gasteiger partial charge in [-0.3, -0.25) is 4.79 Å². The summed E-state index contributed by atoms with van der Waals surface area (Å²) in [5.74, 6) is -0.177. The van der Waals surface area contributed by atoms with Crippen LogP contribution in [0.25, 0.3) is 0 Å². The van der Waals surface area contributed by atoms with E-state index in [0.717, 1.165) is 21.3 Å². The lowest BCUT2D eigenvalue weighted by Gasteiger charge is -2.28. The van der Waals surface area contributed by atoms with Gasteiger partial charge in [-0.05, 0) is 24.1 Å². The second kappa shape index (κ2) is 7.61. The van der Waals surface area contributed by atoms with Crippen molar-refractivity contribution in [2.75, 3.05) is 0 Å². The Labute approximate surface area is 176 Å². The molecule has 1 atom stereocenters. The fraction of sp³-hybridized carbons (Fsp3) is 0.130. The number of ether oxygens (including phenoxy) is 1. The van der Waals surface area contributed by atoms with Gasteiger partial charge in [0.1, 0.15) is 17.4 Å². The van der Waals surface area contributed by atoms with Crippen molar-refractivity contribution >= 4 is 15.9 Å². The number of allylic oxidation sites excluding steroid dienone is 1. The summed E-state index contributed by atoms with van der Waals surface area (Å²) in [6.07, 6.45) is 0. The minimum Gasteiger partial charge on any atom is -0.440 e. The van der Waals surface area contributed by atoms with E-state index in [0.29, 0.717) is 17.9 Å². The number of rotatable bonds is 3. The monoisotopic (exact) mass is 447 g/mol. The summed E-state index contributed by atoms with van der Waals surface area (Å²) >= 11 is 3.55. The number of pyridine rings is 1. The van der Waals surface area contributed by atoms with Crippen molar-refractivity contribution in [3.05, 3.63) is 109 Å². The molecule has 0 radical (unpaired) electrons. The molecule has 1 aromatic heterocycles. The van der Waals surface area contributed by atoms with E-state index in [-0.39, 0.29) is 17.0 Å². The Kier molecular flexibility index (Phi) is 4.99. The van der Waals surface area contributed by atoms with Crippen LogP contribution < -0.4 is 16.0 Å². The van der Waals surface area contributed by atoms with Crippen molar-refractivity contribution in [3.8, 4) is 11.8 Å². The predicted octanol–water partition coefficient (Wildman–Crippen LogP) is 4.19. The van der Waals surface area contributed by atoms with Crippen LogP contribution in [-0.2, 0) is 6.54 Å². The van der Waals surface area contributed by atoms with E-state index in [1.807, 2.05) is 67.6 Å². The Bertz CT molecular complexity index is 1220. The zero-order chi connectivity index (χ0) is 20.5. The van der Waals surface area contributed by atoms with Crippen LogP contribution in [0.15, 0.2) is 81.4 Å². The zero-order valence-electron chi connectivity index (χ0n) is 15.7. The summed E-state index contributed by atoms with van der Waals surface area (Å²) in [6, 6.07) is 21.3. The van der Waals surface area contributed by atoms with E-state index in [4.69, 9.17) is 10.5 Å². The molecule has 144 valence electrons. The van der Waals surface area contributed by atoms with Gasteiger partial charge in [0.15, 0.2) is 0 Å². The van der Waals surface area contributed by atoms with Crippen molar-refractivity contribution in [2.45, 2.75) is 19.4 Å². The molecule has 0 bridgehead atoms. The molecule has 2 aromatic carbocycles. The number of nitrogens with two attached hydrogens (primary N) is 1. The summed E-state index contributed by atoms with van der Waals surface area (Å²) in [6.45, 7) is 2.30. The average molecular weight is 448 g/mol. The molecular weight excluding hydrogens is 430 g/mol. The quantitative estimate of drug-likeness (QED) is 0.652. The van der Waals surface area contributed by atoms with Crippen LogP contribution >= 0.6 is 15.9 Å². The van der Waals surface area contributed by atoms with Crippen LogP contribution in [0, 0.1) is 18.3 Å². The molecule has 2 N–H and O–H groups in total. The summed E-state index contributed by atoms with van der Waals surface area (Å²) < 4.78 is 8.21. The molecular formula is C23H18BrN3O2. The van der Waals surface area contributed by atoms with Gasteiger partial charge in [-0.15, -0.1) is 0 Å². The van der Waals surface area contributed by atoms with E-state index in [1.165, 1.54) is 0 Å². The molecule has 0 aliphatic carbocycles. The Balaban J connectivity index is 1.96. The normalized spacial score (nSPS) is 15.4. The van der Waals surface area contributed by atoms with E-state index in [1.54, 1.807) is 4.57 Å². The molecule has 1 aliphatic rings. The number of fused-ring (bicyclic) bond motifs is 1. The van der Waals surface area contributed by atoms with Crippen molar-refractivity contribution < 1.29 is 4.74 Å². The topological polar surface area (TPSA) is 81.0 Å². The first-order valence-electron chi connectivity index (χ1n) is 9.11. The van der Waals surface area contributed by atoms with Crippen molar-refractivity contribution in [2.24, 2.45) is 5.73 Å². The lowest BCUT2D eigenvalue weighted by Crippen LogP contribution is -2.33. The first-order chi connectivity index (χ1) is 14.0. The third-order valence-electron chi connectivity index (χ3n) is 5.09. The number of nitriles is 1. The van der Waals surface area contributed by atoms with Gasteiger partial charge < -0.3 is 15.0 Å². The summed E-state index contributed by atoms with van der Waals surface area (Å²) in [5.41, 5.74) is 9.09. The largest absolute Gasteiger partial charge is 0.440 e. The van der Waals surface area contributed by atoms with Gasteiger partial charge in [-0.1, -0.05) is 64.5 Å². The molecule has 5 nitrogen and oxygen atoms in total. The van der Waals surface area contributed by atoms with Gasteiger partial charge in [0, 0.05) is 16.2 Å². The number of aromatic nitrogens is 1. The standard InChI is InChI=1S/C23H18BrN3O2/c1-14-11-19-21(23(28)27(14)13-15-7-3-2-4-8-15)20(17(12-25)22(26)29-19)16-9-5-6-10-18(16)24/h2-11,20H,13,26H2,1H3. The Morgan fingerprint density at radius 2 is 1.86 bits per heavy atom. The molecule has 1 unspecified atom stereocenters. The van der Waals surface area contributed by atoms with Crippen molar-refractivity contribution in [3.63, 3.8) is 0 Å². The van der Waals surface area contributed by atoms with Gasteiger partial charge in [0.2, 0.25) is 5.88 Å². The maximum absolute atomic E-state index is 13.6. The second-order valence-electron chi connectivity index (χ2n) is 6.89. The summed E-state index contributed by atoms with van der Waals surface area (Å²) in [5, 5.41) is 9.77. The van der Waals surface area contributed by atoms with E-state index < -0.39 is 5.92 Å². The smallest absolute Gasteiger partial charge is 0.259 e. The highest BCUT2D eigenvalue weighted by molar-refractivity contribution is 9.10. The van der Waals surface area contributed by atoms with E-state index >= 15 is 0 Å². The molecule has 6 heteroatoms. The van der Waals surface area contributed by atoms with Crippen LogP contribution in [0.3, 0.4) is 0 Å². The first-order valence-corrected chi connectivity index (χ1v) is 9.91. The zero-order valence-corrected chi connectivity index (χ0v) is 17.3. The van der Waals surface area contributed by atoms with Gasteiger partial charge >= 0.3 is 0 Å². The molecule has 0 fully saturated rings. The lowest BCUT2D eigenvalue weighted by molar-refractivity contribution is 0.389. The number of benzene rings is 2. The Morgan fingerprint density at radius 3 is 2.55 bits per heavy atom. The highest BCUT2D eigenvalue weighted by atomic mass is 79.9. The second-order valence-corrected chi connectivity index (χ2v) is 7.74. The third-order valence-corrected chi connectivity index (χ3v) is 5.81. The van der Waals surface area contributed by atoms with Gasteiger partial charge in [0.25, 0.3) is 5.56 Å². The van der Waals surface area contributed by atoms with Gasteiger partial charge in [-0.2, -0.15) is 5.26 Å². The van der Waals surface area contributed by atoms with Crippen LogP contribution in [0.2, 0.25) is 0 Å². The molecule has 4 rings (SSSR count). The fourth-order valence-electron chi connectivity index (χ4n) is 3.67. The van der Waals surface area contributed by atoms with Crippen LogP contribution in [0.1, 0.15) is 28.3 Å². The summed E-state index contributed by atoms with van der Waals surface area (Å²) in [4.78, 5) is 13.6. The molecule has 0 amide bonds. The van der Waals surface area contributed by atoms with Gasteiger partial charge in [-0.25, -0.2) is 0 Å². The number of hydrogen-bond donors (Lipinski definition) is 1. The molecule has 0 saturated heterocycles. The van der Waals surface area contributed by atoms with Crippen molar-refractivity contribution in [1.82, 2.24) is 4.57 Å². The minimum atomic E-state index is -0.602. The Morgan fingerprint density at radius 1 is 1.17 bits per heavy atom. The van der Waals surface area contributed by atoms with Crippen LogP contribution in [-0.4, -0.2) is 4.57 Å². The number of hydrogen-bond acceptors (Lipinski definition) is 4. The molecule has 3 aromatic rings. The minimum absolute atomic E-state index is 0.0281. The third kappa shape index (κ3) is 3.34. The number of nitrogens with zero attached hydrogens (tertiary/aromatic N) is 2. The maximum atomic E-state index is 13.6. The predicted molar refractivity (Wildman–Crippen MR) is 114 cm³/mol. The van der Waals surface area contributed by atoms with Crippen LogP contribution in [0.5, 0.6) is 5.75 Å². The maximum Gasteiger partial charge on any atom is 0.259 e. The van der Waals surface area contributed by atoms with E-state index in [2.05, 4.69) is 22.0 Å².